The largest absolute Gasteiger partial charge is 0.506 e. The fourth-order valence-electron chi connectivity index (χ4n) is 1.07. The first-order valence-electron chi connectivity index (χ1n) is 4.76. The molecular formula is C9H12ClNO5S2. The van der Waals surface area contributed by atoms with Crippen LogP contribution in [0.2, 0.25) is 5.02 Å². The van der Waals surface area contributed by atoms with Crippen molar-refractivity contribution in [3.63, 3.8) is 0 Å². The van der Waals surface area contributed by atoms with Gasteiger partial charge in [-0.3, -0.25) is 4.72 Å². The minimum atomic E-state index is -3.84. The smallest absolute Gasteiger partial charge is 0.233 e. The van der Waals surface area contributed by atoms with Crippen molar-refractivity contribution in [1.29, 1.82) is 0 Å². The van der Waals surface area contributed by atoms with Crippen LogP contribution in [-0.4, -0.2) is 39.7 Å². The zero-order valence-electron chi connectivity index (χ0n) is 9.42. The zero-order valence-corrected chi connectivity index (χ0v) is 11.8. The molecule has 0 amide bonds. The third-order valence-corrected chi connectivity index (χ3v) is 4.66. The van der Waals surface area contributed by atoms with Crippen molar-refractivity contribution in [2.75, 3.05) is 22.5 Å². The number of halogens is 1. The maximum Gasteiger partial charge on any atom is 0.233 e. The van der Waals surface area contributed by atoms with E-state index in [1.807, 2.05) is 0 Å². The zero-order chi connectivity index (χ0) is 14.0. The Hall–Kier alpha value is -0.990. The highest BCUT2D eigenvalue weighted by Crippen LogP contribution is 2.27. The van der Waals surface area contributed by atoms with Crippen LogP contribution in [-0.2, 0) is 19.9 Å². The van der Waals surface area contributed by atoms with Gasteiger partial charge in [0.15, 0.2) is 0 Å². The first-order valence-corrected chi connectivity index (χ1v) is 8.85. The minimum absolute atomic E-state index is 0.0482. The van der Waals surface area contributed by atoms with Crippen LogP contribution in [0, 0.1) is 0 Å². The summed E-state index contributed by atoms with van der Waals surface area (Å²) in [4.78, 5) is 0. The molecule has 1 aromatic carbocycles. The third-order valence-electron chi connectivity index (χ3n) is 1.95. The van der Waals surface area contributed by atoms with E-state index in [0.717, 1.165) is 6.26 Å². The van der Waals surface area contributed by atoms with Gasteiger partial charge in [-0.05, 0) is 12.1 Å². The van der Waals surface area contributed by atoms with Crippen LogP contribution in [0.3, 0.4) is 0 Å². The summed E-state index contributed by atoms with van der Waals surface area (Å²) in [7, 11) is -7.20. The quantitative estimate of drug-likeness (QED) is 0.784. The van der Waals surface area contributed by atoms with Gasteiger partial charge in [-0.1, -0.05) is 11.6 Å². The van der Waals surface area contributed by atoms with Gasteiger partial charge < -0.3 is 5.11 Å². The average Bonchev–Trinajstić information content (AvgIpc) is 2.19. The summed E-state index contributed by atoms with van der Waals surface area (Å²) < 4.78 is 47.0. The summed E-state index contributed by atoms with van der Waals surface area (Å²) in [6.07, 6.45) is 0.947. The molecule has 0 unspecified atom stereocenters. The van der Waals surface area contributed by atoms with Crippen LogP contribution in [0.4, 0.5) is 5.69 Å². The molecule has 0 radical (unpaired) electrons. The molecule has 18 heavy (non-hydrogen) atoms. The summed E-state index contributed by atoms with van der Waals surface area (Å²) in [6, 6.07) is 3.86. The number of aromatic hydroxyl groups is 1. The molecule has 0 spiro atoms. The first-order chi connectivity index (χ1) is 8.09. The number of nitrogens with one attached hydrogen (secondary N) is 1. The molecule has 0 atom stereocenters. The highest BCUT2D eigenvalue weighted by atomic mass is 35.5. The summed E-state index contributed by atoms with van der Waals surface area (Å²) >= 11 is 5.59. The molecule has 0 bridgehead atoms. The Balaban J connectivity index is 2.83. The number of sulfonamides is 1. The first kappa shape index (κ1) is 15.1. The number of benzene rings is 1. The molecular weight excluding hydrogens is 302 g/mol. The van der Waals surface area contributed by atoms with Crippen molar-refractivity contribution in [3.05, 3.63) is 23.2 Å². The fourth-order valence-corrected chi connectivity index (χ4v) is 3.94. The van der Waals surface area contributed by atoms with Crippen LogP contribution in [0.1, 0.15) is 0 Å². The lowest BCUT2D eigenvalue weighted by atomic mass is 10.3. The second-order valence-corrected chi connectivity index (χ2v) is 8.25. The Kier molecular flexibility index (Phi) is 4.46. The van der Waals surface area contributed by atoms with Gasteiger partial charge in [0.1, 0.15) is 15.6 Å². The predicted octanol–water partition coefficient (Wildman–Crippen LogP) is 0.832. The number of anilines is 1. The van der Waals surface area contributed by atoms with Crippen LogP contribution in [0.15, 0.2) is 18.2 Å². The molecule has 0 saturated carbocycles. The number of phenols is 1. The van der Waals surface area contributed by atoms with Crippen molar-refractivity contribution in [1.82, 2.24) is 0 Å². The molecule has 9 heteroatoms. The number of rotatable bonds is 5. The van der Waals surface area contributed by atoms with Crippen molar-refractivity contribution in [3.8, 4) is 5.75 Å². The van der Waals surface area contributed by atoms with Crippen LogP contribution >= 0.6 is 11.6 Å². The Labute approximate surface area is 111 Å². The van der Waals surface area contributed by atoms with Crippen LogP contribution in [0.25, 0.3) is 0 Å². The van der Waals surface area contributed by atoms with E-state index in [1.165, 1.54) is 18.2 Å². The number of sulfone groups is 1. The summed E-state index contributed by atoms with van der Waals surface area (Å²) in [6.45, 7) is 0. The van der Waals surface area contributed by atoms with E-state index in [-0.39, 0.29) is 16.5 Å². The van der Waals surface area contributed by atoms with Crippen LogP contribution < -0.4 is 4.72 Å². The normalized spacial score (nSPS) is 12.3. The summed E-state index contributed by atoms with van der Waals surface area (Å²) in [5.41, 5.74) is -0.0482. The standard InChI is InChI=1S/C9H12ClNO5S2/c1-17(13,14)4-5-18(15,16)11-8-3-2-7(10)6-9(8)12/h2-3,6,11-12H,4-5H2,1H3. The van der Waals surface area contributed by atoms with Gasteiger partial charge in [0.05, 0.1) is 17.2 Å². The lowest BCUT2D eigenvalue weighted by Crippen LogP contribution is -2.22. The molecule has 6 nitrogen and oxygen atoms in total. The monoisotopic (exact) mass is 313 g/mol. The van der Waals surface area contributed by atoms with Gasteiger partial charge in [0.25, 0.3) is 0 Å². The minimum Gasteiger partial charge on any atom is -0.506 e. The Morgan fingerprint density at radius 1 is 1.22 bits per heavy atom. The maximum atomic E-state index is 11.6. The van der Waals surface area contributed by atoms with Gasteiger partial charge >= 0.3 is 0 Å². The molecule has 0 aliphatic rings. The Morgan fingerprint density at radius 2 is 1.83 bits per heavy atom. The highest BCUT2D eigenvalue weighted by Gasteiger charge is 2.16. The van der Waals surface area contributed by atoms with Gasteiger partial charge in [-0.25, -0.2) is 16.8 Å². The van der Waals surface area contributed by atoms with Crippen molar-refractivity contribution in [2.24, 2.45) is 0 Å². The Bertz CT molecular complexity index is 639. The molecule has 0 aliphatic heterocycles. The molecule has 2 N–H and O–H groups in total. The highest BCUT2D eigenvalue weighted by molar-refractivity contribution is 7.95. The third kappa shape index (κ3) is 5.11. The molecule has 1 aromatic rings. The Morgan fingerprint density at radius 3 is 2.33 bits per heavy atom. The van der Waals surface area contributed by atoms with Crippen molar-refractivity contribution >= 4 is 37.1 Å². The molecule has 0 fully saturated rings. The summed E-state index contributed by atoms with van der Waals surface area (Å²) in [5.74, 6) is -1.39. The molecule has 0 heterocycles. The lowest BCUT2D eigenvalue weighted by Gasteiger charge is -2.09. The van der Waals surface area contributed by atoms with E-state index in [4.69, 9.17) is 11.6 Å². The average molecular weight is 314 g/mol. The van der Waals surface area contributed by atoms with Gasteiger partial charge in [-0.15, -0.1) is 0 Å². The molecule has 1 rings (SSSR count). The summed E-state index contributed by atoms with van der Waals surface area (Å²) in [5, 5.41) is 9.71. The van der Waals surface area contributed by atoms with E-state index in [1.54, 1.807) is 0 Å². The fraction of sp³-hybridized carbons (Fsp3) is 0.333. The maximum absolute atomic E-state index is 11.6. The number of phenolic OH excluding ortho intramolecular Hbond substituents is 1. The predicted molar refractivity (Wildman–Crippen MR) is 70.2 cm³/mol. The van der Waals surface area contributed by atoms with Gasteiger partial charge in [0.2, 0.25) is 10.0 Å². The van der Waals surface area contributed by atoms with E-state index < -0.39 is 31.4 Å². The molecule has 102 valence electrons. The SMILES string of the molecule is CS(=O)(=O)CCS(=O)(=O)Nc1ccc(Cl)cc1O. The molecule has 0 aromatic heterocycles. The number of hydrogen-bond donors (Lipinski definition) is 2. The second kappa shape index (κ2) is 5.33. The molecule has 0 saturated heterocycles. The van der Waals surface area contributed by atoms with Crippen molar-refractivity contribution in [2.45, 2.75) is 0 Å². The molecule has 0 aliphatic carbocycles. The second-order valence-electron chi connectivity index (χ2n) is 3.71. The van der Waals surface area contributed by atoms with Gasteiger partial charge in [-0.2, -0.15) is 0 Å². The van der Waals surface area contributed by atoms with Crippen LogP contribution in [0.5, 0.6) is 5.75 Å². The van der Waals surface area contributed by atoms with E-state index >= 15 is 0 Å². The van der Waals surface area contributed by atoms with Crippen molar-refractivity contribution < 1.29 is 21.9 Å². The number of hydrogen-bond acceptors (Lipinski definition) is 5. The lowest BCUT2D eigenvalue weighted by molar-refractivity contribution is 0.477. The van der Waals surface area contributed by atoms with E-state index in [0.29, 0.717) is 0 Å². The van der Waals surface area contributed by atoms with Gasteiger partial charge in [0, 0.05) is 17.3 Å². The topological polar surface area (TPSA) is 101 Å². The van der Waals surface area contributed by atoms with E-state index in [2.05, 4.69) is 4.72 Å². The van der Waals surface area contributed by atoms with E-state index in [9.17, 15) is 21.9 Å².